The maximum Gasteiger partial charge on any atom is 0.244 e. The molecule has 0 aliphatic carbocycles. The first kappa shape index (κ1) is 18.7. The Morgan fingerprint density at radius 3 is 2.38 bits per heavy atom. The van der Waals surface area contributed by atoms with Crippen LogP contribution < -0.4 is 9.46 Å². The van der Waals surface area contributed by atoms with Gasteiger partial charge in [-0.25, -0.2) is 13.1 Å². The minimum Gasteiger partial charge on any atom is -0.494 e. The van der Waals surface area contributed by atoms with Gasteiger partial charge >= 0.3 is 0 Å². The molecule has 0 radical (unpaired) electrons. The molecule has 0 heterocycles. The van der Waals surface area contributed by atoms with Crippen LogP contribution in [-0.2, 0) is 10.0 Å². The fourth-order valence-corrected chi connectivity index (χ4v) is 4.85. The van der Waals surface area contributed by atoms with Crippen molar-refractivity contribution < 1.29 is 18.3 Å². The Bertz CT molecular complexity index is 594. The quantitative estimate of drug-likeness (QED) is 0.738. The number of hydrogen-bond donors (Lipinski definition) is 2. The summed E-state index contributed by atoms with van der Waals surface area (Å²) >= 11 is 9.16. The molecule has 1 rings (SSSR count). The molecule has 5 nitrogen and oxygen atoms in total. The maximum atomic E-state index is 12.6. The van der Waals surface area contributed by atoms with Crippen LogP contribution in [0.15, 0.2) is 21.5 Å². The van der Waals surface area contributed by atoms with Crippen molar-refractivity contribution in [2.45, 2.75) is 37.1 Å². The van der Waals surface area contributed by atoms with Gasteiger partial charge in [0.1, 0.15) is 4.90 Å². The van der Waals surface area contributed by atoms with E-state index in [1.54, 1.807) is 6.07 Å². The molecule has 120 valence electrons. The van der Waals surface area contributed by atoms with Crippen molar-refractivity contribution in [2.75, 3.05) is 13.7 Å². The number of rotatable bonds is 7. The molecule has 2 N–H and O–H groups in total. The highest BCUT2D eigenvalue weighted by Crippen LogP contribution is 2.36. The summed E-state index contributed by atoms with van der Waals surface area (Å²) in [5.41, 5.74) is -0.904. The lowest BCUT2D eigenvalue weighted by Crippen LogP contribution is -2.50. The lowest BCUT2D eigenvalue weighted by Gasteiger charge is -2.30. The summed E-state index contributed by atoms with van der Waals surface area (Å²) in [5, 5.41) is 9.80. The predicted molar refractivity (Wildman–Crippen MR) is 86.4 cm³/mol. The number of benzene rings is 1. The van der Waals surface area contributed by atoms with Crippen molar-refractivity contribution in [3.63, 3.8) is 0 Å². The molecule has 0 amide bonds. The SMILES string of the molecule is CCC(CC)(CO)NS(=O)(=O)c1cc(Cl)cc(Br)c1OC. The summed E-state index contributed by atoms with van der Waals surface area (Å²) in [6.45, 7) is 3.34. The zero-order chi connectivity index (χ0) is 16.3. The average molecular weight is 401 g/mol. The Labute approximate surface area is 138 Å². The lowest BCUT2D eigenvalue weighted by molar-refractivity contribution is 0.172. The van der Waals surface area contributed by atoms with E-state index in [1.807, 2.05) is 13.8 Å². The van der Waals surface area contributed by atoms with Gasteiger partial charge in [-0.3, -0.25) is 0 Å². The van der Waals surface area contributed by atoms with E-state index in [9.17, 15) is 13.5 Å². The molecule has 0 aliphatic heterocycles. The van der Waals surface area contributed by atoms with Gasteiger partial charge in [0.15, 0.2) is 5.75 Å². The third kappa shape index (κ3) is 4.10. The topological polar surface area (TPSA) is 75.6 Å². The summed E-state index contributed by atoms with van der Waals surface area (Å²) in [7, 11) is -2.51. The number of ether oxygens (including phenoxy) is 1. The Morgan fingerprint density at radius 2 is 1.95 bits per heavy atom. The number of nitrogens with one attached hydrogen (secondary N) is 1. The van der Waals surface area contributed by atoms with Crippen LogP contribution in [0.2, 0.25) is 5.02 Å². The minimum absolute atomic E-state index is 0.0656. The van der Waals surface area contributed by atoms with Gasteiger partial charge in [0.05, 0.1) is 23.7 Å². The van der Waals surface area contributed by atoms with Gasteiger partial charge in [0.2, 0.25) is 10.0 Å². The lowest BCUT2D eigenvalue weighted by atomic mass is 9.96. The number of halogens is 2. The molecule has 0 bridgehead atoms. The standard InChI is InChI=1S/C13H19BrClNO4S/c1-4-13(5-2,8-17)16-21(18,19)11-7-9(15)6-10(14)12(11)20-3/h6-7,16-17H,4-5,8H2,1-3H3. The van der Waals surface area contributed by atoms with Crippen LogP contribution in [0.5, 0.6) is 5.75 Å². The fraction of sp³-hybridized carbons (Fsp3) is 0.538. The summed E-state index contributed by atoms with van der Waals surface area (Å²) < 4.78 is 33.4. The van der Waals surface area contributed by atoms with Crippen LogP contribution in [0.4, 0.5) is 0 Å². The number of methoxy groups -OCH3 is 1. The Morgan fingerprint density at radius 1 is 1.38 bits per heavy atom. The van der Waals surface area contributed by atoms with E-state index in [0.29, 0.717) is 17.3 Å². The molecule has 0 spiro atoms. The second-order valence-electron chi connectivity index (χ2n) is 4.67. The van der Waals surface area contributed by atoms with Gasteiger partial charge in [-0.05, 0) is 40.9 Å². The average Bonchev–Trinajstić information content (AvgIpc) is 2.44. The molecule has 1 aromatic carbocycles. The molecule has 8 heteroatoms. The van der Waals surface area contributed by atoms with Gasteiger partial charge in [0.25, 0.3) is 0 Å². The van der Waals surface area contributed by atoms with Crippen molar-refractivity contribution >= 4 is 37.6 Å². The number of aliphatic hydroxyl groups excluding tert-OH is 1. The first-order valence-corrected chi connectivity index (χ1v) is 9.08. The van der Waals surface area contributed by atoms with E-state index in [1.165, 1.54) is 13.2 Å². The fourth-order valence-electron chi connectivity index (χ4n) is 1.92. The zero-order valence-corrected chi connectivity index (χ0v) is 15.3. The first-order chi connectivity index (χ1) is 9.75. The molecule has 0 saturated carbocycles. The highest BCUT2D eigenvalue weighted by molar-refractivity contribution is 9.10. The van der Waals surface area contributed by atoms with Crippen LogP contribution in [-0.4, -0.2) is 32.8 Å². The maximum absolute atomic E-state index is 12.6. The van der Waals surface area contributed by atoms with Crippen molar-refractivity contribution in [1.29, 1.82) is 0 Å². The molecular formula is C13H19BrClNO4S. The Kier molecular flexibility index (Phi) is 6.49. The molecule has 1 aromatic rings. The number of aliphatic hydroxyl groups is 1. The van der Waals surface area contributed by atoms with E-state index >= 15 is 0 Å². The second kappa shape index (κ2) is 7.28. The van der Waals surface area contributed by atoms with Crippen LogP contribution >= 0.6 is 27.5 Å². The van der Waals surface area contributed by atoms with E-state index < -0.39 is 15.6 Å². The van der Waals surface area contributed by atoms with Crippen molar-refractivity contribution in [1.82, 2.24) is 4.72 Å². The number of hydrogen-bond acceptors (Lipinski definition) is 4. The number of sulfonamides is 1. The largest absolute Gasteiger partial charge is 0.494 e. The third-order valence-corrected chi connectivity index (χ3v) is 5.87. The van der Waals surface area contributed by atoms with Crippen molar-refractivity contribution in [3.8, 4) is 5.75 Å². The van der Waals surface area contributed by atoms with Gasteiger partial charge in [-0.1, -0.05) is 25.4 Å². The molecule has 0 atom stereocenters. The van der Waals surface area contributed by atoms with Gasteiger partial charge in [-0.15, -0.1) is 0 Å². The van der Waals surface area contributed by atoms with E-state index in [4.69, 9.17) is 16.3 Å². The molecular weight excluding hydrogens is 382 g/mol. The van der Waals surface area contributed by atoms with Crippen LogP contribution in [0.1, 0.15) is 26.7 Å². The molecule has 0 aliphatic rings. The third-order valence-electron chi connectivity index (χ3n) is 3.48. The minimum atomic E-state index is -3.89. The zero-order valence-electron chi connectivity index (χ0n) is 12.1. The van der Waals surface area contributed by atoms with Crippen molar-refractivity contribution in [2.24, 2.45) is 0 Å². The molecule has 0 aromatic heterocycles. The van der Waals surface area contributed by atoms with Gasteiger partial charge in [-0.2, -0.15) is 0 Å². The molecule has 21 heavy (non-hydrogen) atoms. The summed E-state index contributed by atoms with van der Waals surface area (Å²) in [5.74, 6) is 0.172. The molecule has 0 unspecified atom stereocenters. The van der Waals surface area contributed by atoms with Crippen LogP contribution in [0.25, 0.3) is 0 Å². The van der Waals surface area contributed by atoms with E-state index in [-0.39, 0.29) is 22.3 Å². The Balaban J connectivity index is 3.38. The summed E-state index contributed by atoms with van der Waals surface area (Å²) in [6.07, 6.45) is 0.923. The molecule has 0 fully saturated rings. The second-order valence-corrected chi connectivity index (χ2v) is 7.61. The summed E-state index contributed by atoms with van der Waals surface area (Å²) in [6, 6.07) is 2.87. The van der Waals surface area contributed by atoms with Crippen LogP contribution in [0, 0.1) is 0 Å². The Hall–Kier alpha value is -0.340. The molecule has 0 saturated heterocycles. The first-order valence-electron chi connectivity index (χ1n) is 6.43. The predicted octanol–water partition coefficient (Wildman–Crippen LogP) is 2.94. The monoisotopic (exact) mass is 399 g/mol. The van der Waals surface area contributed by atoms with Crippen molar-refractivity contribution in [3.05, 3.63) is 21.6 Å². The van der Waals surface area contributed by atoms with Gasteiger partial charge in [0, 0.05) is 5.02 Å². The normalized spacial score (nSPS) is 12.5. The van der Waals surface area contributed by atoms with E-state index in [0.717, 1.165) is 0 Å². The highest BCUT2D eigenvalue weighted by Gasteiger charge is 2.33. The summed E-state index contributed by atoms with van der Waals surface area (Å²) in [4.78, 5) is -0.0656. The smallest absolute Gasteiger partial charge is 0.244 e. The highest BCUT2D eigenvalue weighted by atomic mass is 79.9. The van der Waals surface area contributed by atoms with E-state index in [2.05, 4.69) is 20.7 Å². The van der Waals surface area contributed by atoms with Crippen LogP contribution in [0.3, 0.4) is 0 Å². The van der Waals surface area contributed by atoms with Gasteiger partial charge < -0.3 is 9.84 Å².